The summed E-state index contributed by atoms with van der Waals surface area (Å²) < 4.78 is 1.69. The van der Waals surface area contributed by atoms with Crippen molar-refractivity contribution in [3.05, 3.63) is 70.9 Å². The number of nitrogens with zero attached hydrogens (tertiary/aromatic N) is 2. The van der Waals surface area contributed by atoms with Crippen LogP contribution in [-0.2, 0) is 0 Å². The molecule has 0 bridgehead atoms. The van der Waals surface area contributed by atoms with Gasteiger partial charge in [0.2, 0.25) is 0 Å². The van der Waals surface area contributed by atoms with Crippen molar-refractivity contribution in [2.75, 3.05) is 6.54 Å². The molecule has 0 radical (unpaired) electrons. The summed E-state index contributed by atoms with van der Waals surface area (Å²) in [5, 5.41) is 8.33. The predicted octanol–water partition coefficient (Wildman–Crippen LogP) is 5.81. The van der Waals surface area contributed by atoms with Crippen LogP contribution in [0.1, 0.15) is 48.7 Å². The quantitative estimate of drug-likeness (QED) is 0.489. The molecular weight excluding hydrogens is 370 g/mol. The van der Waals surface area contributed by atoms with Crippen molar-refractivity contribution in [3.63, 3.8) is 0 Å². The van der Waals surface area contributed by atoms with Crippen LogP contribution in [0.4, 0.5) is 0 Å². The highest BCUT2D eigenvalue weighted by atomic mass is 35.5. The smallest absolute Gasteiger partial charge is 0.270 e. The van der Waals surface area contributed by atoms with Gasteiger partial charge in [-0.3, -0.25) is 4.79 Å². The largest absolute Gasteiger partial charge is 0.351 e. The first-order valence-electron chi connectivity index (χ1n) is 9.80. The van der Waals surface area contributed by atoms with Gasteiger partial charge in [-0.2, -0.15) is 5.10 Å². The summed E-state index contributed by atoms with van der Waals surface area (Å²) in [6, 6.07) is 17.3. The molecule has 146 valence electrons. The molecule has 28 heavy (non-hydrogen) atoms. The highest BCUT2D eigenvalue weighted by Gasteiger charge is 2.18. The van der Waals surface area contributed by atoms with Gasteiger partial charge in [0.15, 0.2) is 0 Å². The Morgan fingerprint density at radius 2 is 1.82 bits per heavy atom. The maximum Gasteiger partial charge on any atom is 0.270 e. The molecule has 0 fully saturated rings. The molecule has 3 rings (SSSR count). The highest BCUT2D eigenvalue weighted by Crippen LogP contribution is 2.28. The Kier molecular flexibility index (Phi) is 6.88. The van der Waals surface area contributed by atoms with Crippen LogP contribution in [0.5, 0.6) is 0 Å². The second-order valence-electron chi connectivity index (χ2n) is 6.96. The lowest BCUT2D eigenvalue weighted by Gasteiger charge is -2.08. The Balaban J connectivity index is 1.91. The first kappa shape index (κ1) is 20.2. The molecule has 0 aliphatic heterocycles. The van der Waals surface area contributed by atoms with Crippen LogP contribution < -0.4 is 5.32 Å². The lowest BCUT2D eigenvalue weighted by molar-refractivity contribution is 0.0945. The molecule has 5 heteroatoms. The molecule has 0 saturated heterocycles. The second-order valence-corrected chi connectivity index (χ2v) is 7.37. The number of hydrogen-bond acceptors (Lipinski definition) is 2. The summed E-state index contributed by atoms with van der Waals surface area (Å²) in [6.45, 7) is 4.88. The van der Waals surface area contributed by atoms with Gasteiger partial charge in [-0.05, 0) is 37.6 Å². The van der Waals surface area contributed by atoms with Crippen molar-refractivity contribution < 1.29 is 4.79 Å². The van der Waals surface area contributed by atoms with Crippen LogP contribution in [0.25, 0.3) is 16.9 Å². The first-order valence-corrected chi connectivity index (χ1v) is 10.2. The number of amides is 1. The van der Waals surface area contributed by atoms with E-state index in [-0.39, 0.29) is 5.91 Å². The first-order chi connectivity index (χ1) is 13.6. The number of hydrogen-bond donors (Lipinski definition) is 1. The Morgan fingerprint density at radius 3 is 2.54 bits per heavy atom. The van der Waals surface area contributed by atoms with Crippen molar-refractivity contribution in [2.45, 2.75) is 39.5 Å². The number of aromatic nitrogens is 2. The fraction of sp³-hybridized carbons (Fsp3) is 0.304. The van der Waals surface area contributed by atoms with Gasteiger partial charge in [-0.25, -0.2) is 4.68 Å². The molecule has 0 atom stereocenters. The zero-order valence-electron chi connectivity index (χ0n) is 16.4. The van der Waals surface area contributed by atoms with Crippen molar-refractivity contribution in [1.82, 2.24) is 15.1 Å². The van der Waals surface area contributed by atoms with Crippen LogP contribution in [0.2, 0.25) is 5.02 Å². The number of carbonyl (C=O) groups is 1. The molecule has 0 aliphatic rings. The Hall–Kier alpha value is -2.59. The van der Waals surface area contributed by atoms with E-state index in [0.717, 1.165) is 29.7 Å². The highest BCUT2D eigenvalue weighted by molar-refractivity contribution is 6.33. The summed E-state index contributed by atoms with van der Waals surface area (Å²) >= 11 is 6.35. The Bertz CT molecular complexity index is 931. The Morgan fingerprint density at radius 1 is 1.07 bits per heavy atom. The van der Waals surface area contributed by atoms with Crippen molar-refractivity contribution in [3.8, 4) is 16.9 Å². The zero-order chi connectivity index (χ0) is 19.9. The van der Waals surface area contributed by atoms with E-state index in [1.54, 1.807) is 4.68 Å². The lowest BCUT2D eigenvalue weighted by Crippen LogP contribution is -2.26. The third kappa shape index (κ3) is 4.82. The number of halogens is 1. The van der Waals surface area contributed by atoms with Gasteiger partial charge < -0.3 is 5.32 Å². The summed E-state index contributed by atoms with van der Waals surface area (Å²) in [4.78, 5) is 12.9. The van der Waals surface area contributed by atoms with Crippen LogP contribution >= 0.6 is 11.6 Å². The SMILES string of the molecule is CCCCCCNC(=O)c1cc(-c2ccccc2Cl)nn1-c1ccc(C)cc1. The van der Waals surface area contributed by atoms with Crippen LogP contribution in [0, 0.1) is 6.92 Å². The standard InChI is InChI=1S/C23H26ClN3O/c1-3-4-5-8-15-25-23(28)22-16-21(19-9-6-7-10-20(19)24)26-27(22)18-13-11-17(2)12-14-18/h6-7,9-14,16H,3-5,8,15H2,1-2H3,(H,25,28). The van der Waals surface area contributed by atoms with Gasteiger partial charge >= 0.3 is 0 Å². The monoisotopic (exact) mass is 395 g/mol. The van der Waals surface area contributed by atoms with E-state index in [4.69, 9.17) is 16.7 Å². The van der Waals surface area contributed by atoms with E-state index in [2.05, 4.69) is 12.2 Å². The van der Waals surface area contributed by atoms with Crippen molar-refractivity contribution in [1.29, 1.82) is 0 Å². The fourth-order valence-corrected chi connectivity index (χ4v) is 3.30. The third-order valence-electron chi connectivity index (χ3n) is 4.69. The fourth-order valence-electron chi connectivity index (χ4n) is 3.07. The number of aryl methyl sites for hydroxylation is 1. The molecular formula is C23H26ClN3O. The summed E-state index contributed by atoms with van der Waals surface area (Å²) in [7, 11) is 0. The summed E-state index contributed by atoms with van der Waals surface area (Å²) in [6.07, 6.45) is 4.47. The molecule has 1 N–H and O–H groups in total. The second kappa shape index (κ2) is 9.56. The molecule has 0 aliphatic carbocycles. The number of benzene rings is 2. The average molecular weight is 396 g/mol. The lowest BCUT2D eigenvalue weighted by atomic mass is 10.1. The molecule has 2 aromatic carbocycles. The summed E-state index contributed by atoms with van der Waals surface area (Å²) in [5.74, 6) is -0.122. The van der Waals surface area contributed by atoms with Gasteiger partial charge in [0.1, 0.15) is 5.69 Å². The Labute approximate surface area is 171 Å². The molecule has 0 saturated carbocycles. The van der Waals surface area contributed by atoms with E-state index >= 15 is 0 Å². The maximum atomic E-state index is 12.9. The topological polar surface area (TPSA) is 46.9 Å². The summed E-state index contributed by atoms with van der Waals surface area (Å²) in [5.41, 5.74) is 4.01. The van der Waals surface area contributed by atoms with Gasteiger partial charge in [0.25, 0.3) is 5.91 Å². The van der Waals surface area contributed by atoms with E-state index in [1.165, 1.54) is 12.8 Å². The third-order valence-corrected chi connectivity index (χ3v) is 5.02. The van der Waals surface area contributed by atoms with E-state index in [0.29, 0.717) is 23.0 Å². The maximum absolute atomic E-state index is 12.9. The van der Waals surface area contributed by atoms with Gasteiger partial charge in [-0.1, -0.05) is 73.7 Å². The average Bonchev–Trinajstić information content (AvgIpc) is 3.14. The van der Waals surface area contributed by atoms with E-state index < -0.39 is 0 Å². The predicted molar refractivity (Wildman–Crippen MR) is 115 cm³/mol. The molecule has 3 aromatic rings. The number of nitrogens with one attached hydrogen (secondary N) is 1. The van der Waals surface area contributed by atoms with Gasteiger partial charge in [-0.15, -0.1) is 0 Å². The number of carbonyl (C=O) groups excluding carboxylic acids is 1. The molecule has 0 spiro atoms. The molecule has 0 unspecified atom stereocenters. The van der Waals surface area contributed by atoms with Crippen molar-refractivity contribution >= 4 is 17.5 Å². The van der Waals surface area contributed by atoms with E-state index in [9.17, 15) is 4.79 Å². The van der Waals surface area contributed by atoms with Crippen LogP contribution in [0.15, 0.2) is 54.6 Å². The van der Waals surface area contributed by atoms with Crippen LogP contribution in [0.3, 0.4) is 0 Å². The van der Waals surface area contributed by atoms with Crippen LogP contribution in [-0.4, -0.2) is 22.2 Å². The minimum absolute atomic E-state index is 0.122. The minimum atomic E-state index is -0.122. The number of rotatable bonds is 8. The van der Waals surface area contributed by atoms with Gasteiger partial charge in [0, 0.05) is 12.1 Å². The zero-order valence-corrected chi connectivity index (χ0v) is 17.2. The minimum Gasteiger partial charge on any atom is -0.351 e. The normalized spacial score (nSPS) is 10.8. The number of unbranched alkanes of at least 4 members (excludes halogenated alkanes) is 3. The molecule has 1 aromatic heterocycles. The van der Waals surface area contributed by atoms with E-state index in [1.807, 2.05) is 61.5 Å². The molecule has 1 heterocycles. The molecule has 4 nitrogen and oxygen atoms in total. The van der Waals surface area contributed by atoms with Gasteiger partial charge in [0.05, 0.1) is 16.4 Å². The van der Waals surface area contributed by atoms with Crippen molar-refractivity contribution in [2.24, 2.45) is 0 Å². The molecule has 1 amide bonds.